The van der Waals surface area contributed by atoms with Crippen LogP contribution in [-0.4, -0.2) is 31.1 Å². The molecule has 1 saturated heterocycles. The number of nitrogens with zero attached hydrogens (tertiary/aromatic N) is 1. The topological polar surface area (TPSA) is 15.3 Å². The van der Waals surface area contributed by atoms with Gasteiger partial charge in [-0.2, -0.15) is 0 Å². The number of aryl methyl sites for hydroxylation is 1. The van der Waals surface area contributed by atoms with Crippen LogP contribution >= 0.6 is 11.6 Å². The van der Waals surface area contributed by atoms with E-state index in [0.717, 1.165) is 17.1 Å². The van der Waals surface area contributed by atoms with Crippen molar-refractivity contribution in [1.29, 1.82) is 0 Å². The fraction of sp³-hybridized carbons (Fsp3) is 0.571. The number of nitrogens with one attached hydrogen (secondary N) is 1. The quantitative estimate of drug-likeness (QED) is 0.887. The van der Waals surface area contributed by atoms with Crippen LogP contribution < -0.4 is 5.32 Å². The van der Waals surface area contributed by atoms with E-state index in [1.54, 1.807) is 0 Å². The summed E-state index contributed by atoms with van der Waals surface area (Å²) in [5, 5.41) is 4.41. The van der Waals surface area contributed by atoms with Gasteiger partial charge < -0.3 is 10.2 Å². The largest absolute Gasteiger partial charge is 0.381 e. The number of benzene rings is 1. The molecule has 1 aromatic rings. The van der Waals surface area contributed by atoms with Gasteiger partial charge in [0.05, 0.1) is 10.7 Å². The molecule has 1 fully saturated rings. The summed E-state index contributed by atoms with van der Waals surface area (Å²) in [5.74, 6) is 0. The third-order valence-electron chi connectivity index (χ3n) is 3.52. The molecule has 0 aromatic heterocycles. The summed E-state index contributed by atoms with van der Waals surface area (Å²) in [4.78, 5) is 2.37. The van der Waals surface area contributed by atoms with E-state index in [9.17, 15) is 0 Å². The van der Waals surface area contributed by atoms with Crippen LogP contribution in [0, 0.1) is 0 Å². The van der Waals surface area contributed by atoms with E-state index < -0.39 is 0 Å². The lowest BCUT2D eigenvalue weighted by Crippen LogP contribution is -2.36. The van der Waals surface area contributed by atoms with Gasteiger partial charge in [0.15, 0.2) is 0 Å². The predicted octanol–water partition coefficient (Wildman–Crippen LogP) is 3.41. The van der Waals surface area contributed by atoms with Gasteiger partial charge in [-0.15, -0.1) is 0 Å². The maximum absolute atomic E-state index is 6.28. The Morgan fingerprint density at radius 2 is 2.06 bits per heavy atom. The monoisotopic (exact) mass is 252 g/mol. The van der Waals surface area contributed by atoms with Crippen molar-refractivity contribution < 1.29 is 0 Å². The molecule has 2 rings (SSSR count). The van der Waals surface area contributed by atoms with Crippen LogP contribution in [0.3, 0.4) is 0 Å². The average Bonchev–Trinajstić information content (AvgIpc) is 2.34. The Morgan fingerprint density at radius 1 is 1.35 bits per heavy atom. The Bertz CT molecular complexity index is 370. The van der Waals surface area contributed by atoms with Crippen LogP contribution in [0.5, 0.6) is 0 Å². The summed E-state index contributed by atoms with van der Waals surface area (Å²) in [5.41, 5.74) is 2.38. The standard InChI is InChI=1S/C14H21ClN2/c1-3-11-4-5-14(13(15)10-11)16-12-6-8-17(2)9-7-12/h4-5,10,12,16H,3,6-9H2,1-2H3. The molecule has 0 aliphatic carbocycles. The molecule has 17 heavy (non-hydrogen) atoms. The summed E-state index contributed by atoms with van der Waals surface area (Å²) >= 11 is 6.28. The molecule has 0 radical (unpaired) electrons. The molecule has 0 saturated carbocycles. The Morgan fingerprint density at radius 3 is 2.65 bits per heavy atom. The van der Waals surface area contributed by atoms with Crippen molar-refractivity contribution in [3.63, 3.8) is 0 Å². The highest BCUT2D eigenvalue weighted by Crippen LogP contribution is 2.25. The molecule has 2 nitrogen and oxygen atoms in total. The second kappa shape index (κ2) is 5.74. The molecule has 1 heterocycles. The van der Waals surface area contributed by atoms with E-state index in [1.807, 2.05) is 0 Å². The van der Waals surface area contributed by atoms with Crippen LogP contribution in [0.4, 0.5) is 5.69 Å². The number of piperidine rings is 1. The molecule has 0 bridgehead atoms. The first-order chi connectivity index (χ1) is 8.19. The molecule has 0 amide bonds. The molecule has 1 aliphatic rings. The van der Waals surface area contributed by atoms with Gasteiger partial charge in [0, 0.05) is 6.04 Å². The number of hydrogen-bond donors (Lipinski definition) is 1. The number of hydrogen-bond acceptors (Lipinski definition) is 2. The van der Waals surface area contributed by atoms with Gasteiger partial charge in [-0.1, -0.05) is 24.6 Å². The number of halogens is 1. The van der Waals surface area contributed by atoms with Crippen molar-refractivity contribution in [2.45, 2.75) is 32.2 Å². The molecule has 1 aromatic carbocycles. The highest BCUT2D eigenvalue weighted by Gasteiger charge is 2.16. The van der Waals surface area contributed by atoms with Gasteiger partial charge in [-0.25, -0.2) is 0 Å². The van der Waals surface area contributed by atoms with Crippen molar-refractivity contribution in [2.24, 2.45) is 0 Å². The zero-order valence-corrected chi connectivity index (χ0v) is 11.4. The second-order valence-corrected chi connectivity index (χ2v) is 5.30. The lowest BCUT2D eigenvalue weighted by Gasteiger charge is -2.30. The summed E-state index contributed by atoms with van der Waals surface area (Å²) < 4.78 is 0. The van der Waals surface area contributed by atoms with Crippen molar-refractivity contribution in [3.05, 3.63) is 28.8 Å². The maximum Gasteiger partial charge on any atom is 0.0640 e. The molecule has 0 spiro atoms. The van der Waals surface area contributed by atoms with Gasteiger partial charge in [0.2, 0.25) is 0 Å². The van der Waals surface area contributed by atoms with E-state index in [2.05, 4.69) is 42.4 Å². The third kappa shape index (κ3) is 3.36. The van der Waals surface area contributed by atoms with Gasteiger partial charge in [-0.05, 0) is 57.1 Å². The minimum absolute atomic E-state index is 0.566. The summed E-state index contributed by atoms with van der Waals surface area (Å²) in [6.07, 6.45) is 3.43. The maximum atomic E-state index is 6.28. The van der Waals surface area contributed by atoms with Crippen LogP contribution in [0.15, 0.2) is 18.2 Å². The van der Waals surface area contributed by atoms with Crippen molar-refractivity contribution >= 4 is 17.3 Å². The zero-order chi connectivity index (χ0) is 12.3. The smallest absolute Gasteiger partial charge is 0.0640 e. The zero-order valence-electron chi connectivity index (χ0n) is 10.7. The second-order valence-electron chi connectivity index (χ2n) is 4.89. The van der Waals surface area contributed by atoms with E-state index in [1.165, 1.54) is 31.5 Å². The third-order valence-corrected chi connectivity index (χ3v) is 3.83. The van der Waals surface area contributed by atoms with Gasteiger partial charge >= 0.3 is 0 Å². The minimum atomic E-state index is 0.566. The van der Waals surface area contributed by atoms with E-state index in [-0.39, 0.29) is 0 Å². The fourth-order valence-corrected chi connectivity index (χ4v) is 2.53. The first-order valence-corrected chi connectivity index (χ1v) is 6.80. The van der Waals surface area contributed by atoms with Crippen LogP contribution in [-0.2, 0) is 6.42 Å². The first kappa shape index (κ1) is 12.7. The Labute approximate surface area is 109 Å². The number of anilines is 1. The molecule has 0 atom stereocenters. The fourth-order valence-electron chi connectivity index (χ4n) is 2.27. The first-order valence-electron chi connectivity index (χ1n) is 6.42. The van der Waals surface area contributed by atoms with Crippen LogP contribution in [0.2, 0.25) is 5.02 Å². The predicted molar refractivity (Wildman–Crippen MR) is 75.0 cm³/mol. The number of likely N-dealkylation sites (tertiary alicyclic amines) is 1. The molecule has 1 N–H and O–H groups in total. The minimum Gasteiger partial charge on any atom is -0.381 e. The lowest BCUT2D eigenvalue weighted by atomic mass is 10.0. The molecule has 0 unspecified atom stereocenters. The van der Waals surface area contributed by atoms with Gasteiger partial charge in [0.1, 0.15) is 0 Å². The highest BCUT2D eigenvalue weighted by atomic mass is 35.5. The molecule has 94 valence electrons. The summed E-state index contributed by atoms with van der Waals surface area (Å²) in [6, 6.07) is 6.90. The highest BCUT2D eigenvalue weighted by molar-refractivity contribution is 6.33. The Balaban J connectivity index is 1.99. The van der Waals surface area contributed by atoms with Crippen LogP contribution in [0.25, 0.3) is 0 Å². The Kier molecular flexibility index (Phi) is 4.30. The lowest BCUT2D eigenvalue weighted by molar-refractivity contribution is 0.264. The van der Waals surface area contributed by atoms with E-state index in [0.29, 0.717) is 6.04 Å². The van der Waals surface area contributed by atoms with Gasteiger partial charge in [-0.3, -0.25) is 0 Å². The molecule has 3 heteroatoms. The molecular weight excluding hydrogens is 232 g/mol. The Hall–Kier alpha value is -0.730. The molecular formula is C14H21ClN2. The van der Waals surface area contributed by atoms with Crippen molar-refractivity contribution in [2.75, 3.05) is 25.5 Å². The SMILES string of the molecule is CCc1ccc(NC2CCN(C)CC2)c(Cl)c1. The summed E-state index contributed by atoms with van der Waals surface area (Å²) in [6.45, 7) is 4.49. The van der Waals surface area contributed by atoms with Crippen molar-refractivity contribution in [1.82, 2.24) is 4.90 Å². The summed E-state index contributed by atoms with van der Waals surface area (Å²) in [7, 11) is 2.18. The normalized spacial score (nSPS) is 18.3. The number of rotatable bonds is 3. The average molecular weight is 253 g/mol. The van der Waals surface area contributed by atoms with E-state index in [4.69, 9.17) is 11.6 Å². The molecule has 1 aliphatic heterocycles. The van der Waals surface area contributed by atoms with Crippen molar-refractivity contribution in [3.8, 4) is 0 Å². The van der Waals surface area contributed by atoms with E-state index >= 15 is 0 Å². The van der Waals surface area contributed by atoms with Crippen LogP contribution in [0.1, 0.15) is 25.3 Å². The van der Waals surface area contributed by atoms with Gasteiger partial charge in [0.25, 0.3) is 0 Å².